The summed E-state index contributed by atoms with van der Waals surface area (Å²) in [5.74, 6) is 0. The average Bonchev–Trinajstić information content (AvgIpc) is 3.07. The van der Waals surface area contributed by atoms with Gasteiger partial charge in [-0.15, -0.1) is 11.3 Å². The third-order valence-corrected chi connectivity index (χ3v) is 4.26. The number of benzene rings is 1. The van der Waals surface area contributed by atoms with E-state index in [-0.39, 0.29) is 0 Å². The van der Waals surface area contributed by atoms with Gasteiger partial charge in [0.25, 0.3) is 0 Å². The lowest BCUT2D eigenvalue weighted by molar-refractivity contribution is 0.685. The number of anilines is 1. The molecule has 2 heterocycles. The van der Waals surface area contributed by atoms with Crippen LogP contribution >= 0.6 is 11.3 Å². The molecule has 0 aliphatic rings. The van der Waals surface area contributed by atoms with Crippen molar-refractivity contribution >= 4 is 17.0 Å². The largest absolute Gasteiger partial charge is 0.380 e. The third kappa shape index (κ3) is 3.46. The minimum absolute atomic E-state index is 0.730. The maximum absolute atomic E-state index is 4.45. The molecule has 0 unspecified atom stereocenters. The molecule has 108 valence electrons. The summed E-state index contributed by atoms with van der Waals surface area (Å²) in [4.78, 5) is 9.70. The van der Waals surface area contributed by atoms with Crippen LogP contribution in [0.25, 0.3) is 0 Å². The van der Waals surface area contributed by atoms with E-state index in [1.165, 1.54) is 10.4 Å². The molecule has 0 spiro atoms. The van der Waals surface area contributed by atoms with Crippen molar-refractivity contribution in [3.8, 4) is 0 Å². The van der Waals surface area contributed by atoms with Crippen molar-refractivity contribution in [3.63, 3.8) is 0 Å². The molecule has 21 heavy (non-hydrogen) atoms. The molecule has 0 saturated carbocycles. The molecule has 0 fully saturated rings. The minimum Gasteiger partial charge on any atom is -0.380 e. The van der Waals surface area contributed by atoms with Gasteiger partial charge in [-0.25, -0.2) is 14.6 Å². The van der Waals surface area contributed by atoms with E-state index in [0.717, 1.165) is 29.5 Å². The molecule has 3 rings (SSSR count). The summed E-state index contributed by atoms with van der Waals surface area (Å²) < 4.78 is 1.82. The van der Waals surface area contributed by atoms with E-state index in [1.54, 1.807) is 24.0 Å². The topological polar surface area (TPSA) is 55.6 Å². The van der Waals surface area contributed by atoms with Gasteiger partial charge in [-0.05, 0) is 31.5 Å². The first kappa shape index (κ1) is 13.8. The molecule has 0 amide bonds. The van der Waals surface area contributed by atoms with Crippen LogP contribution < -0.4 is 5.32 Å². The van der Waals surface area contributed by atoms with Gasteiger partial charge in [-0.1, -0.05) is 12.1 Å². The second-order valence-corrected chi connectivity index (χ2v) is 6.18. The lowest BCUT2D eigenvalue weighted by atomic mass is 10.2. The van der Waals surface area contributed by atoms with Crippen LogP contribution in [-0.4, -0.2) is 19.7 Å². The Morgan fingerprint density at radius 1 is 1.29 bits per heavy atom. The monoisotopic (exact) mass is 299 g/mol. The summed E-state index contributed by atoms with van der Waals surface area (Å²) in [7, 11) is 0. The van der Waals surface area contributed by atoms with Gasteiger partial charge < -0.3 is 5.32 Å². The van der Waals surface area contributed by atoms with Crippen molar-refractivity contribution in [1.82, 2.24) is 19.7 Å². The van der Waals surface area contributed by atoms with E-state index in [9.17, 15) is 0 Å². The molecule has 1 N–H and O–H groups in total. The summed E-state index contributed by atoms with van der Waals surface area (Å²) in [6, 6.07) is 8.37. The first-order valence-corrected chi connectivity index (χ1v) is 7.60. The molecular weight excluding hydrogens is 282 g/mol. The van der Waals surface area contributed by atoms with Crippen LogP contribution in [0.3, 0.4) is 0 Å². The van der Waals surface area contributed by atoms with Gasteiger partial charge in [0.1, 0.15) is 12.7 Å². The van der Waals surface area contributed by atoms with Crippen LogP contribution in [0.2, 0.25) is 0 Å². The van der Waals surface area contributed by atoms with Gasteiger partial charge in [0.15, 0.2) is 0 Å². The fourth-order valence-corrected chi connectivity index (χ4v) is 3.08. The smallest absolute Gasteiger partial charge is 0.137 e. The molecule has 3 aromatic rings. The normalized spacial score (nSPS) is 10.8. The first-order chi connectivity index (χ1) is 10.2. The summed E-state index contributed by atoms with van der Waals surface area (Å²) in [5.41, 5.74) is 3.42. The first-order valence-electron chi connectivity index (χ1n) is 6.79. The van der Waals surface area contributed by atoms with E-state index < -0.39 is 0 Å². The van der Waals surface area contributed by atoms with E-state index >= 15 is 0 Å². The number of nitrogens with one attached hydrogen (secondary N) is 1. The van der Waals surface area contributed by atoms with Crippen molar-refractivity contribution in [3.05, 3.63) is 58.1 Å². The highest BCUT2D eigenvalue weighted by molar-refractivity contribution is 7.11. The third-order valence-electron chi connectivity index (χ3n) is 3.19. The van der Waals surface area contributed by atoms with Gasteiger partial charge in [-0.3, -0.25) is 0 Å². The van der Waals surface area contributed by atoms with Crippen molar-refractivity contribution in [2.45, 2.75) is 26.9 Å². The van der Waals surface area contributed by atoms with Crippen LogP contribution in [-0.2, 0) is 13.1 Å². The maximum atomic E-state index is 4.45. The molecule has 0 aliphatic carbocycles. The fourth-order valence-electron chi connectivity index (χ4n) is 2.20. The highest BCUT2D eigenvalue weighted by Crippen LogP contribution is 2.19. The minimum atomic E-state index is 0.730. The van der Waals surface area contributed by atoms with Crippen molar-refractivity contribution in [2.75, 3.05) is 5.32 Å². The maximum Gasteiger partial charge on any atom is 0.137 e. The number of aryl methyl sites for hydroxylation is 2. The van der Waals surface area contributed by atoms with Crippen molar-refractivity contribution in [1.29, 1.82) is 0 Å². The zero-order valence-corrected chi connectivity index (χ0v) is 12.9. The molecule has 1 aromatic carbocycles. The highest BCUT2D eigenvalue weighted by atomic mass is 32.1. The van der Waals surface area contributed by atoms with E-state index in [4.69, 9.17) is 0 Å². The predicted octanol–water partition coefficient (Wildman–Crippen LogP) is 3.01. The molecule has 0 bridgehead atoms. The number of aromatic nitrogens is 4. The number of rotatable bonds is 5. The van der Waals surface area contributed by atoms with Crippen LogP contribution in [0.15, 0.2) is 36.9 Å². The van der Waals surface area contributed by atoms with Crippen molar-refractivity contribution in [2.24, 2.45) is 0 Å². The zero-order valence-electron chi connectivity index (χ0n) is 12.1. The fraction of sp³-hybridized carbons (Fsp3) is 0.267. The second-order valence-electron chi connectivity index (χ2n) is 4.89. The predicted molar refractivity (Wildman–Crippen MR) is 84.5 cm³/mol. The number of nitrogens with zero attached hydrogens (tertiary/aromatic N) is 4. The molecule has 0 aliphatic heterocycles. The Morgan fingerprint density at radius 3 is 2.90 bits per heavy atom. The van der Waals surface area contributed by atoms with Crippen LogP contribution in [0.5, 0.6) is 0 Å². The molecule has 0 radical (unpaired) electrons. The molecule has 6 heteroatoms. The second kappa shape index (κ2) is 6.05. The van der Waals surface area contributed by atoms with Gasteiger partial charge in [0.2, 0.25) is 0 Å². The molecule has 2 aromatic heterocycles. The highest BCUT2D eigenvalue weighted by Gasteiger charge is 2.04. The molecular formula is C15H17N5S. The molecule has 0 atom stereocenters. The summed E-state index contributed by atoms with van der Waals surface area (Å²) in [6.45, 7) is 5.64. The van der Waals surface area contributed by atoms with Gasteiger partial charge in [-0.2, -0.15) is 5.10 Å². The Morgan fingerprint density at radius 2 is 2.19 bits per heavy atom. The molecule has 5 nitrogen and oxygen atoms in total. The van der Waals surface area contributed by atoms with Crippen molar-refractivity contribution < 1.29 is 0 Å². The Bertz CT molecular complexity index is 718. The van der Waals surface area contributed by atoms with Crippen LogP contribution in [0, 0.1) is 13.8 Å². The summed E-state index contributed by atoms with van der Waals surface area (Å²) in [5, 5.41) is 8.70. The van der Waals surface area contributed by atoms with E-state index in [2.05, 4.69) is 51.6 Å². The van der Waals surface area contributed by atoms with Crippen LogP contribution in [0.4, 0.5) is 5.69 Å². The van der Waals surface area contributed by atoms with E-state index in [1.807, 2.05) is 11.6 Å². The van der Waals surface area contributed by atoms with Gasteiger partial charge in [0.05, 0.1) is 23.8 Å². The van der Waals surface area contributed by atoms with Crippen LogP contribution in [0.1, 0.15) is 21.1 Å². The average molecular weight is 299 g/mol. The summed E-state index contributed by atoms with van der Waals surface area (Å²) in [6.07, 6.45) is 3.28. The number of hydrogen-bond donors (Lipinski definition) is 1. The lowest BCUT2D eigenvalue weighted by Gasteiger charge is -2.08. The SMILES string of the molecule is Cc1nc(C)c(CNc2cccc(Cn3cncn3)c2)s1. The van der Waals surface area contributed by atoms with E-state index in [0.29, 0.717) is 0 Å². The Hall–Kier alpha value is -2.21. The standard InChI is InChI=1S/C15H17N5S/c1-11-15(21-12(2)19-11)7-17-14-5-3-4-13(6-14)8-20-10-16-9-18-20/h3-6,9-10,17H,7-8H2,1-2H3. The summed E-state index contributed by atoms with van der Waals surface area (Å²) >= 11 is 1.75. The quantitative estimate of drug-likeness (QED) is 0.787. The number of hydrogen-bond acceptors (Lipinski definition) is 5. The van der Waals surface area contributed by atoms with Gasteiger partial charge in [0, 0.05) is 10.6 Å². The zero-order chi connectivity index (χ0) is 14.7. The van der Waals surface area contributed by atoms with Gasteiger partial charge >= 0.3 is 0 Å². The lowest BCUT2D eigenvalue weighted by Crippen LogP contribution is -2.02. The number of thiazole rings is 1. The molecule has 0 saturated heterocycles. The Balaban J connectivity index is 1.67. The Kier molecular flexibility index (Phi) is 3.96. The Labute approximate surface area is 127 Å².